The van der Waals surface area contributed by atoms with Crippen LogP contribution in [-0.2, 0) is 14.3 Å². The van der Waals surface area contributed by atoms with E-state index in [9.17, 15) is 14.4 Å². The van der Waals surface area contributed by atoms with Crippen molar-refractivity contribution in [3.63, 3.8) is 0 Å². The molecule has 4 aromatic rings. The van der Waals surface area contributed by atoms with E-state index < -0.39 is 18.2 Å². The van der Waals surface area contributed by atoms with Gasteiger partial charge < -0.3 is 14.6 Å². The molecule has 0 radical (unpaired) electrons. The van der Waals surface area contributed by atoms with Crippen LogP contribution in [0.25, 0.3) is 22.3 Å². The normalized spacial score (nSPS) is 12.9. The van der Waals surface area contributed by atoms with Gasteiger partial charge >= 0.3 is 18.2 Å². The summed E-state index contributed by atoms with van der Waals surface area (Å²) in [5.74, 6) is -0.963. The largest absolute Gasteiger partial charge is 0.481 e. The molecule has 0 bridgehead atoms. The molecule has 2 amide bonds. The van der Waals surface area contributed by atoms with Gasteiger partial charge in [0.05, 0.1) is 0 Å². The molecule has 48 heavy (non-hydrogen) atoms. The van der Waals surface area contributed by atoms with Gasteiger partial charge in [0.15, 0.2) is 0 Å². The van der Waals surface area contributed by atoms with Gasteiger partial charge in [-0.2, -0.15) is 0 Å². The van der Waals surface area contributed by atoms with Crippen molar-refractivity contribution < 1.29 is 29.0 Å². The number of carboxylic acids is 1. The average molecular weight is 646 g/mol. The van der Waals surface area contributed by atoms with Gasteiger partial charge in [0, 0.05) is 24.8 Å². The van der Waals surface area contributed by atoms with Gasteiger partial charge in [-0.1, -0.05) is 136 Å². The number of imide groups is 1. The van der Waals surface area contributed by atoms with Crippen LogP contribution in [0.2, 0.25) is 0 Å². The zero-order valence-corrected chi connectivity index (χ0v) is 27.3. The lowest BCUT2D eigenvalue weighted by Gasteiger charge is -2.23. The summed E-state index contributed by atoms with van der Waals surface area (Å²) in [7, 11) is 0. The van der Waals surface area contributed by atoms with Gasteiger partial charge in [0.1, 0.15) is 13.2 Å². The molecule has 0 aliphatic heterocycles. The SMILES string of the molecule is O=C(O)CCCCCCCCCCN(C(=O)OCC1c2ccccc2-c2ccccc21)C(=O)OCC1c2ccccc2-c2ccccc21. The lowest BCUT2D eigenvalue weighted by atomic mass is 9.98. The Morgan fingerprint density at radius 3 is 1.21 bits per heavy atom. The van der Waals surface area contributed by atoms with Crippen molar-refractivity contribution in [2.24, 2.45) is 0 Å². The van der Waals surface area contributed by atoms with Gasteiger partial charge in [0.2, 0.25) is 0 Å². The Morgan fingerprint density at radius 1 is 0.500 bits per heavy atom. The molecule has 0 unspecified atom stereocenters. The summed E-state index contributed by atoms with van der Waals surface area (Å²) >= 11 is 0. The molecule has 7 heteroatoms. The number of ether oxygens (including phenoxy) is 2. The summed E-state index contributed by atoms with van der Waals surface area (Å²) in [6, 6.07) is 32.7. The molecule has 6 rings (SSSR count). The molecule has 0 spiro atoms. The number of amides is 2. The van der Waals surface area contributed by atoms with Gasteiger partial charge in [-0.15, -0.1) is 0 Å². The zero-order chi connectivity index (χ0) is 33.3. The third-order valence-corrected chi connectivity index (χ3v) is 9.64. The molecule has 2 aliphatic rings. The Kier molecular flexibility index (Phi) is 10.9. The summed E-state index contributed by atoms with van der Waals surface area (Å²) in [6.07, 6.45) is 6.05. The zero-order valence-electron chi connectivity index (χ0n) is 27.3. The van der Waals surface area contributed by atoms with E-state index in [-0.39, 0.29) is 38.0 Å². The first kappa shape index (κ1) is 33.0. The molecular formula is C41H43NO6. The van der Waals surface area contributed by atoms with Crippen molar-refractivity contribution in [1.82, 2.24) is 4.90 Å². The van der Waals surface area contributed by atoms with Crippen LogP contribution in [0.5, 0.6) is 0 Å². The Labute approximate surface area is 282 Å². The first-order valence-electron chi connectivity index (χ1n) is 17.2. The van der Waals surface area contributed by atoms with E-state index in [1.165, 1.54) is 0 Å². The lowest BCUT2D eigenvalue weighted by molar-refractivity contribution is -0.137. The number of rotatable bonds is 15. The molecule has 248 valence electrons. The van der Waals surface area contributed by atoms with Crippen LogP contribution in [0.4, 0.5) is 9.59 Å². The fraction of sp³-hybridized carbons (Fsp3) is 0.341. The molecular weight excluding hydrogens is 602 g/mol. The van der Waals surface area contributed by atoms with Gasteiger partial charge in [-0.05, 0) is 57.3 Å². The van der Waals surface area contributed by atoms with E-state index in [0.717, 1.165) is 87.9 Å². The maximum Gasteiger partial charge on any atom is 0.419 e. The first-order valence-corrected chi connectivity index (χ1v) is 17.2. The number of hydrogen-bond acceptors (Lipinski definition) is 5. The topological polar surface area (TPSA) is 93.1 Å². The van der Waals surface area contributed by atoms with Crippen molar-refractivity contribution in [1.29, 1.82) is 0 Å². The van der Waals surface area contributed by atoms with Crippen LogP contribution >= 0.6 is 0 Å². The predicted molar refractivity (Wildman–Crippen MR) is 186 cm³/mol. The van der Waals surface area contributed by atoms with E-state index in [0.29, 0.717) is 12.8 Å². The molecule has 0 saturated heterocycles. The summed E-state index contributed by atoms with van der Waals surface area (Å²) in [5, 5.41) is 8.80. The van der Waals surface area contributed by atoms with Crippen LogP contribution in [-0.4, -0.2) is 47.9 Å². The Bertz CT molecular complexity index is 1550. The third-order valence-electron chi connectivity index (χ3n) is 9.64. The van der Waals surface area contributed by atoms with Gasteiger partial charge in [-0.25, -0.2) is 14.5 Å². The van der Waals surface area contributed by atoms with E-state index in [1.54, 1.807) is 0 Å². The molecule has 2 aliphatic carbocycles. The number of carbonyl (C=O) groups excluding carboxylic acids is 2. The number of hydrogen-bond donors (Lipinski definition) is 1. The van der Waals surface area contributed by atoms with E-state index in [4.69, 9.17) is 14.6 Å². The molecule has 0 fully saturated rings. The highest BCUT2D eigenvalue weighted by Crippen LogP contribution is 2.45. The van der Waals surface area contributed by atoms with E-state index in [2.05, 4.69) is 48.5 Å². The minimum Gasteiger partial charge on any atom is -0.481 e. The second-order valence-electron chi connectivity index (χ2n) is 12.7. The number of unbranched alkanes of at least 4 members (excludes halogenated alkanes) is 7. The fourth-order valence-electron chi connectivity index (χ4n) is 7.21. The standard InChI is InChI=1S/C41H43NO6/c43-39(44)25-7-5-3-1-2-4-6-16-26-42(40(45)47-27-37-33-21-12-8-17-29(33)30-18-9-13-22-34(30)37)41(46)48-28-38-35-23-14-10-19-31(35)32-20-11-15-24-36(32)38/h8-15,17-24,37-38H,1-7,16,25-28H2,(H,43,44). The van der Waals surface area contributed by atoms with E-state index in [1.807, 2.05) is 48.5 Å². The summed E-state index contributed by atoms with van der Waals surface area (Å²) < 4.78 is 11.8. The quantitative estimate of drug-likeness (QED) is 0.129. The molecule has 1 N–H and O–H groups in total. The van der Waals surface area contributed by atoms with Gasteiger partial charge in [0.25, 0.3) is 0 Å². The molecule has 0 heterocycles. The Hall–Kier alpha value is -4.91. The van der Waals surface area contributed by atoms with Crippen molar-refractivity contribution in [3.8, 4) is 22.3 Å². The molecule has 4 aromatic carbocycles. The van der Waals surface area contributed by atoms with Crippen LogP contribution in [0.1, 0.15) is 91.9 Å². The maximum atomic E-state index is 13.6. The van der Waals surface area contributed by atoms with Crippen LogP contribution in [0, 0.1) is 0 Å². The highest BCUT2D eigenvalue weighted by Gasteiger charge is 2.33. The lowest BCUT2D eigenvalue weighted by Crippen LogP contribution is -2.39. The Balaban J connectivity index is 1.08. The van der Waals surface area contributed by atoms with Crippen molar-refractivity contribution in [2.45, 2.75) is 69.6 Å². The van der Waals surface area contributed by atoms with Crippen molar-refractivity contribution >= 4 is 18.2 Å². The van der Waals surface area contributed by atoms with Crippen LogP contribution in [0.15, 0.2) is 97.1 Å². The molecule has 0 aromatic heterocycles. The second-order valence-corrected chi connectivity index (χ2v) is 12.7. The fourth-order valence-corrected chi connectivity index (χ4v) is 7.21. The van der Waals surface area contributed by atoms with Crippen molar-refractivity contribution in [3.05, 3.63) is 119 Å². The molecule has 0 saturated carbocycles. The number of benzene rings is 4. The number of nitrogens with zero attached hydrogens (tertiary/aromatic N) is 1. The first-order chi connectivity index (χ1) is 23.5. The third kappa shape index (κ3) is 7.46. The molecule has 0 atom stereocenters. The summed E-state index contributed by atoms with van der Waals surface area (Å²) in [5.41, 5.74) is 9.02. The van der Waals surface area contributed by atoms with Crippen LogP contribution in [0.3, 0.4) is 0 Å². The predicted octanol–water partition coefficient (Wildman–Crippen LogP) is 9.78. The summed E-state index contributed by atoms with van der Waals surface area (Å²) in [6.45, 7) is 0.468. The minimum absolute atomic E-state index is 0.110. The number of carbonyl (C=O) groups is 3. The second kappa shape index (κ2) is 15.8. The number of aliphatic carboxylic acids is 1. The highest BCUT2D eigenvalue weighted by atomic mass is 16.6. The smallest absolute Gasteiger partial charge is 0.419 e. The number of carboxylic acid groups (broad SMARTS) is 1. The Morgan fingerprint density at radius 2 is 0.833 bits per heavy atom. The van der Waals surface area contributed by atoms with Crippen LogP contribution < -0.4 is 0 Å². The summed E-state index contributed by atoms with van der Waals surface area (Å²) in [4.78, 5) is 39.1. The van der Waals surface area contributed by atoms with Crippen molar-refractivity contribution in [2.75, 3.05) is 19.8 Å². The minimum atomic E-state index is -0.743. The monoisotopic (exact) mass is 645 g/mol. The van der Waals surface area contributed by atoms with E-state index >= 15 is 0 Å². The van der Waals surface area contributed by atoms with Gasteiger partial charge in [-0.3, -0.25) is 4.79 Å². The highest BCUT2D eigenvalue weighted by molar-refractivity contribution is 5.88. The maximum absolute atomic E-state index is 13.6. The molecule has 7 nitrogen and oxygen atoms in total. The average Bonchev–Trinajstić information content (AvgIpc) is 3.61. The number of fused-ring (bicyclic) bond motifs is 6.